The summed E-state index contributed by atoms with van der Waals surface area (Å²) in [7, 11) is 1.00. The molecule has 4 rings (SSSR count). The second-order valence-electron chi connectivity index (χ2n) is 11.0. The molecule has 2 aliphatic carbocycles. The lowest BCUT2D eigenvalue weighted by Crippen LogP contribution is -2.53. The molecule has 14 heteroatoms. The first-order chi connectivity index (χ1) is 21.8. The summed E-state index contributed by atoms with van der Waals surface area (Å²) in [4.78, 5) is 12.6. The van der Waals surface area contributed by atoms with E-state index in [0.717, 1.165) is 7.11 Å². The zero-order valence-corrected chi connectivity index (χ0v) is 26.1. The largest absolute Gasteiger partial charge is 0.504 e. The van der Waals surface area contributed by atoms with Crippen LogP contribution < -0.4 is 10.1 Å². The maximum Gasteiger partial charge on any atom is 0.247 e. The summed E-state index contributed by atoms with van der Waals surface area (Å²) in [6.07, 6.45) is 6.99. The summed E-state index contributed by atoms with van der Waals surface area (Å²) in [5.74, 6) is -0.237. The number of aliphatic hydroxyl groups is 7. The number of carbonyl (C=O) groups excluding carboxylic acids is 1. The molecule has 0 aromatic heterocycles. The molecule has 1 saturated heterocycles. The van der Waals surface area contributed by atoms with E-state index in [2.05, 4.69) is 5.32 Å². The zero-order valence-electron chi connectivity index (χ0n) is 26.1. The van der Waals surface area contributed by atoms with Gasteiger partial charge in [0.25, 0.3) is 0 Å². The SMILES string of the molecule is C/C(=C\c1ccc(OC2O[C@H](C(=N)COC3=CC(C)(O)C=CC=C3)C[C@@H]2O)c(O)c1)C(=O)NC1[C@H](O)CCC[C@@H]1O.CO.OCO. The summed E-state index contributed by atoms with van der Waals surface area (Å²) < 4.78 is 17.1. The van der Waals surface area contributed by atoms with Gasteiger partial charge < -0.3 is 65.8 Å². The fourth-order valence-corrected chi connectivity index (χ4v) is 4.87. The molecule has 3 aliphatic rings. The fraction of sp³-hybridized carbons (Fsp3) is 0.500. The van der Waals surface area contributed by atoms with Crippen molar-refractivity contribution in [1.82, 2.24) is 5.32 Å². The van der Waals surface area contributed by atoms with E-state index in [0.29, 0.717) is 36.2 Å². The summed E-state index contributed by atoms with van der Waals surface area (Å²) in [5, 5.41) is 83.7. The number of hydrogen-bond donors (Lipinski definition) is 10. The van der Waals surface area contributed by atoms with E-state index in [1.807, 2.05) is 0 Å². The average molecular weight is 651 g/mol. The molecule has 256 valence electrons. The van der Waals surface area contributed by atoms with Crippen LogP contribution in [0.1, 0.15) is 45.1 Å². The van der Waals surface area contributed by atoms with Crippen molar-refractivity contribution in [2.45, 2.75) is 81.9 Å². The Morgan fingerprint density at radius 1 is 1.13 bits per heavy atom. The van der Waals surface area contributed by atoms with Gasteiger partial charge in [-0.25, -0.2) is 0 Å². The second-order valence-corrected chi connectivity index (χ2v) is 11.0. The third-order valence-electron chi connectivity index (χ3n) is 7.18. The molecule has 1 amide bonds. The maximum absolute atomic E-state index is 12.6. The number of allylic oxidation sites excluding steroid dienone is 3. The highest BCUT2D eigenvalue weighted by Gasteiger charge is 2.38. The van der Waals surface area contributed by atoms with Gasteiger partial charge in [0, 0.05) is 19.1 Å². The topological polar surface area (TPSA) is 242 Å². The van der Waals surface area contributed by atoms with Gasteiger partial charge >= 0.3 is 0 Å². The number of ether oxygens (including phenoxy) is 3. The van der Waals surface area contributed by atoms with Gasteiger partial charge in [-0.2, -0.15) is 0 Å². The normalized spacial score (nSPS) is 28.8. The van der Waals surface area contributed by atoms with Gasteiger partial charge in [-0.1, -0.05) is 18.2 Å². The molecule has 14 nitrogen and oxygen atoms in total. The van der Waals surface area contributed by atoms with Crippen LogP contribution in [-0.2, 0) is 14.3 Å². The van der Waals surface area contributed by atoms with Gasteiger partial charge in [0.15, 0.2) is 11.5 Å². The lowest BCUT2D eigenvalue weighted by molar-refractivity contribution is -0.121. The van der Waals surface area contributed by atoms with Crippen molar-refractivity contribution in [3.05, 3.63) is 65.5 Å². The van der Waals surface area contributed by atoms with Gasteiger partial charge in [0.05, 0.1) is 24.0 Å². The number of amides is 1. The Labute approximate surface area is 267 Å². The first kappa shape index (κ1) is 38.6. The number of nitrogens with one attached hydrogen (secondary N) is 2. The number of rotatable bonds is 9. The highest BCUT2D eigenvalue weighted by atomic mass is 16.7. The molecule has 0 radical (unpaired) electrons. The number of hydrogen-bond acceptors (Lipinski definition) is 13. The lowest BCUT2D eigenvalue weighted by atomic mass is 9.89. The Balaban J connectivity index is 0.00000139. The van der Waals surface area contributed by atoms with Gasteiger partial charge in [0.1, 0.15) is 37.0 Å². The summed E-state index contributed by atoms with van der Waals surface area (Å²) in [5.41, 5.74) is -0.280. The summed E-state index contributed by atoms with van der Waals surface area (Å²) in [6, 6.07) is 3.74. The van der Waals surface area contributed by atoms with Crippen molar-refractivity contribution >= 4 is 17.7 Å². The molecule has 1 aromatic carbocycles. The minimum Gasteiger partial charge on any atom is -0.504 e. The van der Waals surface area contributed by atoms with Crippen LogP contribution in [0.25, 0.3) is 6.08 Å². The van der Waals surface area contributed by atoms with Crippen molar-refractivity contribution < 1.29 is 59.9 Å². The molecule has 46 heavy (non-hydrogen) atoms. The highest BCUT2D eigenvalue weighted by molar-refractivity contribution is 5.97. The summed E-state index contributed by atoms with van der Waals surface area (Å²) in [6.45, 7) is 2.33. The van der Waals surface area contributed by atoms with Gasteiger partial charge in [-0.15, -0.1) is 0 Å². The zero-order chi connectivity index (χ0) is 34.4. The van der Waals surface area contributed by atoms with Gasteiger partial charge in [0.2, 0.25) is 12.2 Å². The standard InChI is InChI=1S/C30H38N2O9.CH4O2.CH4O/c1-17(28(37)32-27-21(33)7-5-8-22(27)34)12-18-9-10-25(23(35)13-18)40-29-24(36)14-26(41-29)20(31)16-39-19-6-3-4-11-30(2,38)15-19;2-1-3;1-2/h3-4,6,9-13,15,21-22,24,26-27,29,31,33-36,38H,5,7-8,14,16H2,1-2H3,(H,32,37);2-3H,1H2;2H,1H3/b17-12+,31-20?;;/t21-,22+,24-,26-,27?,29?,30?;;/m0../s1. The highest BCUT2D eigenvalue weighted by Crippen LogP contribution is 2.32. The maximum atomic E-state index is 12.6. The number of aromatic hydroxyl groups is 1. The molecule has 0 bridgehead atoms. The number of aliphatic hydroxyl groups excluding tert-OH is 5. The molecule has 0 spiro atoms. The number of phenolic OH excluding ortho intramolecular Hbond substituents is 1. The Kier molecular flexibility index (Phi) is 15.5. The third kappa shape index (κ3) is 11.6. The molecule has 1 aromatic rings. The van der Waals surface area contributed by atoms with E-state index in [1.165, 1.54) is 18.2 Å². The molecule has 1 saturated carbocycles. The van der Waals surface area contributed by atoms with Crippen LogP contribution in [0.4, 0.5) is 0 Å². The summed E-state index contributed by atoms with van der Waals surface area (Å²) >= 11 is 0. The number of carbonyl (C=O) groups is 1. The van der Waals surface area contributed by atoms with Crippen LogP contribution in [-0.4, -0.2) is 115 Å². The number of phenols is 1. The Bertz CT molecular complexity index is 1270. The van der Waals surface area contributed by atoms with Crippen LogP contribution in [0.2, 0.25) is 0 Å². The molecule has 1 heterocycles. The van der Waals surface area contributed by atoms with Crippen molar-refractivity contribution in [3.63, 3.8) is 0 Å². The van der Waals surface area contributed by atoms with Crippen LogP contribution in [0.5, 0.6) is 11.5 Å². The lowest BCUT2D eigenvalue weighted by Gasteiger charge is -2.32. The molecule has 2 fully saturated rings. The van der Waals surface area contributed by atoms with Crippen LogP contribution >= 0.6 is 0 Å². The van der Waals surface area contributed by atoms with E-state index >= 15 is 0 Å². The second kappa shape index (κ2) is 18.5. The smallest absolute Gasteiger partial charge is 0.247 e. The van der Waals surface area contributed by atoms with Crippen LogP contribution in [0.15, 0.2) is 59.9 Å². The fourth-order valence-electron chi connectivity index (χ4n) is 4.87. The predicted molar refractivity (Wildman–Crippen MR) is 168 cm³/mol. The minimum atomic E-state index is -1.18. The monoisotopic (exact) mass is 650 g/mol. The molecular formula is C32H46N2O12. The van der Waals surface area contributed by atoms with Crippen molar-refractivity contribution in [3.8, 4) is 11.5 Å². The van der Waals surface area contributed by atoms with E-state index in [9.17, 15) is 30.3 Å². The number of benzene rings is 1. The van der Waals surface area contributed by atoms with Crippen LogP contribution in [0, 0.1) is 5.41 Å². The first-order valence-electron chi connectivity index (χ1n) is 14.7. The molecular weight excluding hydrogens is 604 g/mol. The van der Waals surface area contributed by atoms with Crippen molar-refractivity contribution in [2.24, 2.45) is 0 Å². The predicted octanol–water partition coefficient (Wildman–Crippen LogP) is 0.375. The van der Waals surface area contributed by atoms with E-state index in [-0.39, 0.29) is 30.2 Å². The van der Waals surface area contributed by atoms with Gasteiger partial charge in [-0.3, -0.25) is 4.79 Å². The van der Waals surface area contributed by atoms with Crippen molar-refractivity contribution in [1.29, 1.82) is 5.41 Å². The Morgan fingerprint density at radius 2 is 1.78 bits per heavy atom. The first-order valence-corrected chi connectivity index (χ1v) is 14.7. The Morgan fingerprint density at radius 3 is 2.41 bits per heavy atom. The van der Waals surface area contributed by atoms with Crippen molar-refractivity contribution in [2.75, 3.05) is 20.5 Å². The third-order valence-corrected chi connectivity index (χ3v) is 7.18. The quantitative estimate of drug-likeness (QED) is 0.0991. The molecule has 3 unspecified atom stereocenters. The van der Waals surface area contributed by atoms with E-state index in [1.54, 1.807) is 50.3 Å². The van der Waals surface area contributed by atoms with E-state index < -0.39 is 55.0 Å². The molecule has 1 aliphatic heterocycles. The molecule has 7 atom stereocenters. The van der Waals surface area contributed by atoms with E-state index in [4.69, 9.17) is 34.9 Å². The average Bonchev–Trinajstić information content (AvgIpc) is 3.27. The Hall–Kier alpha value is -3.60. The molecule has 10 N–H and O–H groups in total. The minimum absolute atomic E-state index is 0.0497. The van der Waals surface area contributed by atoms with Gasteiger partial charge in [-0.05, 0) is 75.1 Å². The van der Waals surface area contributed by atoms with Crippen LogP contribution in [0.3, 0.4) is 0 Å².